The molecule has 0 bridgehead atoms. The molecule has 2 aromatic heterocycles. The summed E-state index contributed by atoms with van der Waals surface area (Å²) in [6, 6.07) is 4.24. The zero-order valence-electron chi connectivity index (χ0n) is 15.4. The highest BCUT2D eigenvalue weighted by Gasteiger charge is 2.26. The SMILES string of the molecule is Cc1cnn(CC2CCCCN2CC(=O)N(C)Cc2ccc(C)o2)c1. The van der Waals surface area contributed by atoms with Gasteiger partial charge in [0.1, 0.15) is 11.5 Å². The second-order valence-corrected chi connectivity index (χ2v) is 7.12. The lowest BCUT2D eigenvalue weighted by atomic mass is 10.0. The molecule has 0 aliphatic carbocycles. The summed E-state index contributed by atoms with van der Waals surface area (Å²) in [5, 5.41) is 4.40. The Morgan fingerprint density at radius 1 is 1.36 bits per heavy atom. The Morgan fingerprint density at radius 3 is 2.88 bits per heavy atom. The van der Waals surface area contributed by atoms with Crippen molar-refractivity contribution in [2.24, 2.45) is 0 Å². The van der Waals surface area contributed by atoms with Crippen molar-refractivity contribution in [1.29, 1.82) is 0 Å². The molecule has 0 aromatic carbocycles. The highest BCUT2D eigenvalue weighted by Crippen LogP contribution is 2.19. The van der Waals surface area contributed by atoms with E-state index in [-0.39, 0.29) is 5.91 Å². The van der Waals surface area contributed by atoms with Crippen LogP contribution in [0.4, 0.5) is 0 Å². The van der Waals surface area contributed by atoms with E-state index in [1.54, 1.807) is 4.90 Å². The molecule has 1 atom stereocenters. The molecule has 0 radical (unpaired) electrons. The van der Waals surface area contributed by atoms with Crippen molar-refractivity contribution in [2.75, 3.05) is 20.1 Å². The number of carbonyl (C=O) groups excluding carboxylic acids is 1. The number of amides is 1. The Hall–Kier alpha value is -2.08. The molecular formula is C19H28N4O2. The molecule has 25 heavy (non-hydrogen) atoms. The van der Waals surface area contributed by atoms with E-state index in [4.69, 9.17) is 4.42 Å². The second kappa shape index (κ2) is 7.87. The number of piperidine rings is 1. The molecule has 2 aromatic rings. The van der Waals surface area contributed by atoms with Gasteiger partial charge in [-0.1, -0.05) is 6.42 Å². The number of aryl methyl sites for hydroxylation is 2. The Kier molecular flexibility index (Phi) is 5.58. The first-order chi connectivity index (χ1) is 12.0. The first kappa shape index (κ1) is 17.7. The average molecular weight is 344 g/mol. The van der Waals surface area contributed by atoms with E-state index in [1.807, 2.05) is 37.0 Å². The maximum absolute atomic E-state index is 12.6. The smallest absolute Gasteiger partial charge is 0.236 e. The number of likely N-dealkylation sites (N-methyl/N-ethyl adjacent to an activating group) is 1. The number of aromatic nitrogens is 2. The van der Waals surface area contributed by atoms with Gasteiger partial charge in [-0.2, -0.15) is 5.10 Å². The van der Waals surface area contributed by atoms with Crippen LogP contribution in [0.5, 0.6) is 0 Å². The number of likely N-dealkylation sites (tertiary alicyclic amines) is 1. The van der Waals surface area contributed by atoms with Crippen LogP contribution in [0.15, 0.2) is 28.9 Å². The highest BCUT2D eigenvalue weighted by molar-refractivity contribution is 5.78. The van der Waals surface area contributed by atoms with Crippen LogP contribution >= 0.6 is 0 Å². The monoisotopic (exact) mass is 344 g/mol. The lowest BCUT2D eigenvalue weighted by molar-refractivity contribution is -0.133. The van der Waals surface area contributed by atoms with Crippen molar-refractivity contribution >= 4 is 5.91 Å². The van der Waals surface area contributed by atoms with Crippen molar-refractivity contribution < 1.29 is 9.21 Å². The average Bonchev–Trinajstić information content (AvgIpc) is 3.17. The molecule has 0 N–H and O–H groups in total. The van der Waals surface area contributed by atoms with Gasteiger partial charge >= 0.3 is 0 Å². The number of nitrogens with zero attached hydrogens (tertiary/aromatic N) is 4. The molecule has 1 aliphatic rings. The van der Waals surface area contributed by atoms with Crippen LogP contribution < -0.4 is 0 Å². The van der Waals surface area contributed by atoms with Gasteiger partial charge in [-0.15, -0.1) is 0 Å². The fourth-order valence-corrected chi connectivity index (χ4v) is 3.44. The third-order valence-corrected chi connectivity index (χ3v) is 4.86. The van der Waals surface area contributed by atoms with Gasteiger partial charge in [0.2, 0.25) is 5.91 Å². The zero-order chi connectivity index (χ0) is 17.8. The minimum Gasteiger partial charge on any atom is -0.464 e. The number of carbonyl (C=O) groups is 1. The summed E-state index contributed by atoms with van der Waals surface area (Å²) in [4.78, 5) is 16.7. The molecule has 1 fully saturated rings. The Balaban J connectivity index is 1.57. The van der Waals surface area contributed by atoms with Crippen molar-refractivity contribution in [2.45, 2.75) is 52.2 Å². The minimum atomic E-state index is 0.137. The molecule has 3 heterocycles. The highest BCUT2D eigenvalue weighted by atomic mass is 16.3. The third kappa shape index (κ3) is 4.72. The van der Waals surface area contributed by atoms with Gasteiger partial charge in [0, 0.05) is 19.3 Å². The topological polar surface area (TPSA) is 54.5 Å². The van der Waals surface area contributed by atoms with E-state index in [0.717, 1.165) is 37.5 Å². The molecule has 1 unspecified atom stereocenters. The van der Waals surface area contributed by atoms with Crippen molar-refractivity contribution in [3.8, 4) is 0 Å². The minimum absolute atomic E-state index is 0.137. The molecule has 1 aliphatic heterocycles. The first-order valence-electron chi connectivity index (χ1n) is 9.03. The summed E-state index contributed by atoms with van der Waals surface area (Å²) >= 11 is 0. The van der Waals surface area contributed by atoms with Crippen LogP contribution in [-0.4, -0.2) is 51.7 Å². The molecule has 1 saturated heterocycles. The van der Waals surface area contributed by atoms with Crippen molar-refractivity contribution in [1.82, 2.24) is 19.6 Å². The van der Waals surface area contributed by atoms with Crippen LogP contribution in [-0.2, 0) is 17.9 Å². The fraction of sp³-hybridized carbons (Fsp3) is 0.579. The van der Waals surface area contributed by atoms with Crippen LogP contribution in [0.3, 0.4) is 0 Å². The Morgan fingerprint density at radius 2 is 2.20 bits per heavy atom. The quantitative estimate of drug-likeness (QED) is 0.808. The lowest BCUT2D eigenvalue weighted by Gasteiger charge is -2.36. The summed E-state index contributed by atoms with van der Waals surface area (Å²) in [5.74, 6) is 1.84. The zero-order valence-corrected chi connectivity index (χ0v) is 15.4. The molecule has 0 saturated carbocycles. The number of hydrogen-bond donors (Lipinski definition) is 0. The van der Waals surface area contributed by atoms with Crippen molar-refractivity contribution in [3.63, 3.8) is 0 Å². The van der Waals surface area contributed by atoms with Crippen LogP contribution in [0.25, 0.3) is 0 Å². The number of rotatable bonds is 6. The maximum atomic E-state index is 12.6. The summed E-state index contributed by atoms with van der Waals surface area (Å²) in [7, 11) is 1.84. The van der Waals surface area contributed by atoms with E-state index in [0.29, 0.717) is 19.1 Å². The summed E-state index contributed by atoms with van der Waals surface area (Å²) in [5.41, 5.74) is 1.17. The van der Waals surface area contributed by atoms with Gasteiger partial charge in [-0.3, -0.25) is 14.4 Å². The molecular weight excluding hydrogens is 316 g/mol. The Labute approximate surface area is 149 Å². The van der Waals surface area contributed by atoms with Gasteiger partial charge in [0.15, 0.2) is 0 Å². The van der Waals surface area contributed by atoms with E-state index < -0.39 is 0 Å². The largest absolute Gasteiger partial charge is 0.464 e. The number of hydrogen-bond acceptors (Lipinski definition) is 4. The van der Waals surface area contributed by atoms with E-state index >= 15 is 0 Å². The molecule has 3 rings (SSSR count). The fourth-order valence-electron chi connectivity index (χ4n) is 3.44. The molecule has 6 heteroatoms. The van der Waals surface area contributed by atoms with E-state index in [2.05, 4.69) is 23.1 Å². The molecule has 6 nitrogen and oxygen atoms in total. The molecule has 0 spiro atoms. The predicted octanol–water partition coefficient (Wildman–Crippen LogP) is 2.61. The summed E-state index contributed by atoms with van der Waals surface area (Å²) in [6.07, 6.45) is 7.45. The van der Waals surface area contributed by atoms with Crippen LogP contribution in [0, 0.1) is 13.8 Å². The third-order valence-electron chi connectivity index (χ3n) is 4.86. The van der Waals surface area contributed by atoms with Gasteiger partial charge in [0.05, 0.1) is 25.8 Å². The van der Waals surface area contributed by atoms with Gasteiger partial charge < -0.3 is 9.32 Å². The van der Waals surface area contributed by atoms with E-state index in [9.17, 15) is 4.79 Å². The number of furan rings is 1. The summed E-state index contributed by atoms with van der Waals surface area (Å²) in [6.45, 7) is 6.77. The van der Waals surface area contributed by atoms with Gasteiger partial charge in [0.25, 0.3) is 0 Å². The normalized spacial score (nSPS) is 18.4. The predicted molar refractivity (Wildman–Crippen MR) is 96.1 cm³/mol. The summed E-state index contributed by atoms with van der Waals surface area (Å²) < 4.78 is 7.58. The second-order valence-electron chi connectivity index (χ2n) is 7.12. The first-order valence-corrected chi connectivity index (χ1v) is 9.03. The standard InChI is InChI=1S/C19H28N4O2/c1-15-10-20-23(11-15)12-17-6-4-5-9-22(17)14-19(24)21(3)13-18-8-7-16(2)25-18/h7-8,10-11,17H,4-6,9,12-14H2,1-3H3. The van der Waals surface area contributed by atoms with Crippen LogP contribution in [0.1, 0.15) is 36.3 Å². The lowest BCUT2D eigenvalue weighted by Crippen LogP contribution is -2.47. The van der Waals surface area contributed by atoms with Crippen LogP contribution in [0.2, 0.25) is 0 Å². The van der Waals surface area contributed by atoms with Crippen molar-refractivity contribution in [3.05, 3.63) is 41.6 Å². The maximum Gasteiger partial charge on any atom is 0.236 e. The Bertz CT molecular complexity index is 706. The van der Waals surface area contributed by atoms with Gasteiger partial charge in [-0.25, -0.2) is 0 Å². The molecule has 1 amide bonds. The van der Waals surface area contributed by atoms with E-state index in [1.165, 1.54) is 12.0 Å². The molecule has 136 valence electrons. The van der Waals surface area contributed by atoms with Gasteiger partial charge in [-0.05, 0) is 50.9 Å².